The summed E-state index contributed by atoms with van der Waals surface area (Å²) in [7, 11) is 0. The molecule has 0 fully saturated rings. The number of rotatable bonds is 3. The van der Waals surface area contributed by atoms with E-state index in [0.29, 0.717) is 5.69 Å². The number of allylic oxidation sites excluding steroid dienone is 2. The maximum atomic E-state index is 12.0. The van der Waals surface area contributed by atoms with Gasteiger partial charge in [-0.15, -0.1) is 0 Å². The molecule has 0 saturated heterocycles. The van der Waals surface area contributed by atoms with Gasteiger partial charge in [-0.25, -0.2) is 0 Å². The van der Waals surface area contributed by atoms with Crippen LogP contribution in [0.1, 0.15) is 51.7 Å². The van der Waals surface area contributed by atoms with Crippen molar-refractivity contribution in [2.45, 2.75) is 26.2 Å². The number of benzene rings is 1. The second-order valence-electron chi connectivity index (χ2n) is 6.06. The average Bonchev–Trinajstić information content (AvgIpc) is 3.02. The average molecular weight is 306 g/mol. The van der Waals surface area contributed by atoms with Gasteiger partial charge in [0.2, 0.25) is 0 Å². The van der Waals surface area contributed by atoms with E-state index < -0.39 is 0 Å². The van der Waals surface area contributed by atoms with Crippen LogP contribution in [0, 0.1) is 0 Å². The summed E-state index contributed by atoms with van der Waals surface area (Å²) < 4.78 is 0. The summed E-state index contributed by atoms with van der Waals surface area (Å²) in [5.41, 5.74) is 5.56. The van der Waals surface area contributed by atoms with E-state index in [1.165, 1.54) is 5.56 Å². The molecule has 2 aliphatic rings. The Balaban J connectivity index is 1.76. The summed E-state index contributed by atoms with van der Waals surface area (Å²) in [6.45, 7) is 2.95. The van der Waals surface area contributed by atoms with Crippen LogP contribution in [0.5, 0.6) is 0 Å². The number of aromatic nitrogens is 1. The topological polar surface area (TPSA) is 53.2 Å². The van der Waals surface area contributed by atoms with Gasteiger partial charge < -0.3 is 9.88 Å². The van der Waals surface area contributed by atoms with Crippen molar-refractivity contribution in [3.63, 3.8) is 0 Å². The Hall–Kier alpha value is -2.62. The van der Waals surface area contributed by atoms with Crippen LogP contribution in [0.4, 0.5) is 11.5 Å². The van der Waals surface area contributed by atoms with Crippen molar-refractivity contribution in [1.82, 2.24) is 4.98 Å². The first-order valence-corrected chi connectivity index (χ1v) is 8.06. The highest BCUT2D eigenvalue weighted by molar-refractivity contribution is 6.39. The first kappa shape index (κ1) is 14.0. The molecule has 0 saturated carbocycles. The summed E-state index contributed by atoms with van der Waals surface area (Å²) in [5, 5.41) is 0. The number of Topliss-reactive ketones (excluding diaryl/α,β-unsaturated/α-hetero) is 1. The molecule has 116 valence electrons. The van der Waals surface area contributed by atoms with Crippen molar-refractivity contribution < 1.29 is 9.59 Å². The van der Waals surface area contributed by atoms with E-state index in [4.69, 9.17) is 0 Å². The van der Waals surface area contributed by atoms with Gasteiger partial charge in [0.25, 0.3) is 0 Å². The quantitative estimate of drug-likeness (QED) is 0.691. The molecule has 0 amide bonds. The lowest BCUT2D eigenvalue weighted by Crippen LogP contribution is -2.26. The number of nitrogens with one attached hydrogen (secondary N) is 1. The molecule has 4 heteroatoms. The van der Waals surface area contributed by atoms with E-state index in [1.54, 1.807) is 0 Å². The van der Waals surface area contributed by atoms with Gasteiger partial charge >= 0.3 is 0 Å². The van der Waals surface area contributed by atoms with Crippen LogP contribution in [-0.4, -0.2) is 23.6 Å². The van der Waals surface area contributed by atoms with Crippen LogP contribution in [-0.2, 0) is 6.42 Å². The van der Waals surface area contributed by atoms with Gasteiger partial charge in [-0.3, -0.25) is 9.59 Å². The Bertz CT molecular complexity index is 845. The molecule has 2 heterocycles. The number of H-pyrrole nitrogens is 1. The molecule has 0 radical (unpaired) electrons. The highest BCUT2D eigenvalue weighted by atomic mass is 16.1. The maximum absolute atomic E-state index is 12.0. The fraction of sp³-hybridized carbons (Fsp3) is 0.263. The minimum atomic E-state index is 0.149. The van der Waals surface area contributed by atoms with Gasteiger partial charge in [0.05, 0.1) is 5.69 Å². The molecule has 0 bridgehead atoms. The minimum absolute atomic E-state index is 0.149. The highest BCUT2D eigenvalue weighted by Gasteiger charge is 2.31. The van der Waals surface area contributed by atoms with Gasteiger partial charge in [0, 0.05) is 23.4 Å². The number of hydrogen-bond donors (Lipinski definition) is 1. The second-order valence-corrected chi connectivity index (χ2v) is 6.06. The smallest absolute Gasteiger partial charge is 0.193 e. The number of aromatic amines is 1. The van der Waals surface area contributed by atoms with Gasteiger partial charge in [0.15, 0.2) is 12.1 Å². The fourth-order valence-electron chi connectivity index (χ4n) is 3.53. The summed E-state index contributed by atoms with van der Waals surface area (Å²) in [4.78, 5) is 28.5. The lowest BCUT2D eigenvalue weighted by atomic mass is 9.80. The standard InChI is InChI=1S/C19H18N2O2/c1-2-4-15-17-10-14(6-7-16(17)18(15)23)21-8-3-5-12-9-13(11-22)20-19(12)21/h4,6-7,9-11,20H,2-3,5,8H2,1H3/b15-4+. The number of aryl methyl sites for hydroxylation is 1. The Morgan fingerprint density at radius 2 is 2.13 bits per heavy atom. The monoisotopic (exact) mass is 306 g/mol. The Kier molecular flexibility index (Phi) is 3.18. The van der Waals surface area contributed by atoms with E-state index in [1.807, 2.05) is 31.2 Å². The third-order valence-corrected chi connectivity index (χ3v) is 4.62. The first-order valence-electron chi connectivity index (χ1n) is 8.06. The Morgan fingerprint density at radius 1 is 1.26 bits per heavy atom. The molecule has 1 N–H and O–H groups in total. The fourth-order valence-corrected chi connectivity index (χ4v) is 3.53. The Morgan fingerprint density at radius 3 is 2.91 bits per heavy atom. The van der Waals surface area contributed by atoms with E-state index in [2.05, 4.69) is 16.0 Å². The van der Waals surface area contributed by atoms with Crippen molar-refractivity contribution in [2.75, 3.05) is 11.4 Å². The normalized spacial score (nSPS) is 17.7. The maximum Gasteiger partial charge on any atom is 0.193 e. The molecular formula is C19H18N2O2. The molecule has 1 aromatic carbocycles. The van der Waals surface area contributed by atoms with E-state index in [-0.39, 0.29) is 5.78 Å². The summed E-state index contributed by atoms with van der Waals surface area (Å²) in [6.07, 6.45) is 5.75. The molecule has 23 heavy (non-hydrogen) atoms. The molecular weight excluding hydrogens is 288 g/mol. The van der Waals surface area contributed by atoms with Crippen LogP contribution in [0.25, 0.3) is 5.57 Å². The molecule has 4 nitrogen and oxygen atoms in total. The van der Waals surface area contributed by atoms with E-state index in [0.717, 1.165) is 60.3 Å². The number of carbonyl (C=O) groups excluding carboxylic acids is 2. The number of carbonyl (C=O) groups is 2. The molecule has 1 aliphatic carbocycles. The van der Waals surface area contributed by atoms with Crippen LogP contribution in [0.15, 0.2) is 30.3 Å². The van der Waals surface area contributed by atoms with Crippen molar-refractivity contribution >= 4 is 29.1 Å². The number of ketones is 1. The highest BCUT2D eigenvalue weighted by Crippen LogP contribution is 2.40. The lowest BCUT2D eigenvalue weighted by molar-refractivity contribution is 0.104. The third kappa shape index (κ3) is 2.05. The molecule has 0 atom stereocenters. The van der Waals surface area contributed by atoms with Crippen LogP contribution >= 0.6 is 0 Å². The lowest BCUT2D eigenvalue weighted by Gasteiger charge is -2.31. The van der Waals surface area contributed by atoms with Gasteiger partial charge in [0.1, 0.15) is 5.82 Å². The zero-order valence-corrected chi connectivity index (χ0v) is 13.1. The number of fused-ring (bicyclic) bond motifs is 2. The van der Waals surface area contributed by atoms with Crippen molar-refractivity contribution in [1.29, 1.82) is 0 Å². The molecule has 1 aromatic heterocycles. The predicted octanol–water partition coefficient (Wildman–Crippen LogP) is 3.90. The zero-order valence-electron chi connectivity index (χ0n) is 13.1. The molecule has 4 rings (SSSR count). The van der Waals surface area contributed by atoms with Gasteiger partial charge in [-0.2, -0.15) is 0 Å². The zero-order chi connectivity index (χ0) is 16.0. The van der Waals surface area contributed by atoms with Crippen molar-refractivity contribution in [3.05, 3.63) is 52.7 Å². The Labute approximate surface area is 134 Å². The second kappa shape index (κ2) is 5.23. The number of aldehydes is 1. The largest absolute Gasteiger partial charge is 0.339 e. The molecule has 1 aliphatic heterocycles. The number of nitrogens with zero attached hydrogens (tertiary/aromatic N) is 1. The van der Waals surface area contributed by atoms with Gasteiger partial charge in [-0.05, 0) is 54.7 Å². The summed E-state index contributed by atoms with van der Waals surface area (Å²) in [6, 6.07) is 7.93. The predicted molar refractivity (Wildman–Crippen MR) is 90.5 cm³/mol. The van der Waals surface area contributed by atoms with Crippen LogP contribution < -0.4 is 4.90 Å². The van der Waals surface area contributed by atoms with Crippen LogP contribution in [0.3, 0.4) is 0 Å². The summed E-state index contributed by atoms with van der Waals surface area (Å²) in [5.74, 6) is 1.15. The minimum Gasteiger partial charge on any atom is -0.339 e. The first-order chi connectivity index (χ1) is 11.2. The number of hydrogen-bond acceptors (Lipinski definition) is 3. The van der Waals surface area contributed by atoms with E-state index in [9.17, 15) is 9.59 Å². The molecule has 0 spiro atoms. The van der Waals surface area contributed by atoms with E-state index >= 15 is 0 Å². The van der Waals surface area contributed by atoms with Crippen LogP contribution in [0.2, 0.25) is 0 Å². The molecule has 2 aromatic rings. The third-order valence-electron chi connectivity index (χ3n) is 4.62. The number of anilines is 2. The van der Waals surface area contributed by atoms with Crippen molar-refractivity contribution in [2.24, 2.45) is 0 Å². The van der Waals surface area contributed by atoms with Crippen molar-refractivity contribution in [3.8, 4) is 0 Å². The summed E-state index contributed by atoms with van der Waals surface area (Å²) >= 11 is 0. The molecule has 0 unspecified atom stereocenters. The SMILES string of the molecule is CC/C=C1/C(=O)c2ccc(N3CCCc4cc(C=O)[nH]c43)cc21. The van der Waals surface area contributed by atoms with Gasteiger partial charge in [-0.1, -0.05) is 13.0 Å².